The maximum atomic E-state index is 3.44. The molecular weight excluding hydrogens is 160 g/mol. The lowest BCUT2D eigenvalue weighted by molar-refractivity contribution is 0.207. The fraction of sp³-hybridized carbons (Fsp3) is 1.00. The summed E-state index contributed by atoms with van der Waals surface area (Å²) in [6.07, 6.45) is 5.77. The molecule has 0 aromatic carbocycles. The fourth-order valence-electron chi connectivity index (χ4n) is 2.36. The molecule has 1 aliphatic rings. The third kappa shape index (κ3) is 3.28. The molecule has 2 N–H and O–H groups in total. The van der Waals surface area contributed by atoms with E-state index >= 15 is 0 Å². The van der Waals surface area contributed by atoms with E-state index in [-0.39, 0.29) is 0 Å². The van der Waals surface area contributed by atoms with E-state index < -0.39 is 0 Å². The van der Waals surface area contributed by atoms with E-state index in [1.165, 1.54) is 25.7 Å². The van der Waals surface area contributed by atoms with Crippen LogP contribution in [0.5, 0.6) is 0 Å². The molecule has 0 aromatic heterocycles. The van der Waals surface area contributed by atoms with Gasteiger partial charge in [0.1, 0.15) is 0 Å². The first-order valence-corrected chi connectivity index (χ1v) is 5.52. The highest BCUT2D eigenvalue weighted by atomic mass is 15.0. The second-order valence-corrected chi connectivity index (χ2v) is 4.93. The predicted molar refractivity (Wildman–Crippen MR) is 57.7 cm³/mol. The van der Waals surface area contributed by atoms with Gasteiger partial charge < -0.3 is 10.6 Å². The largest absolute Gasteiger partial charge is 0.308 e. The van der Waals surface area contributed by atoms with Gasteiger partial charge in [0.15, 0.2) is 0 Å². The SMILES string of the molecule is CNCNCC(C)(C)C1CCCC1. The molecule has 0 unspecified atom stereocenters. The van der Waals surface area contributed by atoms with Crippen molar-refractivity contribution >= 4 is 0 Å². The van der Waals surface area contributed by atoms with Crippen LogP contribution < -0.4 is 10.6 Å². The van der Waals surface area contributed by atoms with Crippen molar-refractivity contribution in [1.29, 1.82) is 0 Å². The van der Waals surface area contributed by atoms with Gasteiger partial charge in [-0.1, -0.05) is 26.7 Å². The minimum Gasteiger partial charge on any atom is -0.308 e. The first-order valence-electron chi connectivity index (χ1n) is 5.52. The molecule has 0 bridgehead atoms. The van der Waals surface area contributed by atoms with E-state index in [9.17, 15) is 0 Å². The smallest absolute Gasteiger partial charge is 0.0451 e. The molecule has 0 spiro atoms. The zero-order valence-corrected chi connectivity index (χ0v) is 9.32. The maximum absolute atomic E-state index is 3.44. The molecule has 2 nitrogen and oxygen atoms in total. The van der Waals surface area contributed by atoms with Gasteiger partial charge in [0, 0.05) is 13.2 Å². The number of rotatable bonds is 5. The van der Waals surface area contributed by atoms with Crippen LogP contribution in [-0.4, -0.2) is 20.3 Å². The topological polar surface area (TPSA) is 24.1 Å². The summed E-state index contributed by atoms with van der Waals surface area (Å²) < 4.78 is 0. The van der Waals surface area contributed by atoms with Crippen LogP contribution in [0.25, 0.3) is 0 Å². The second kappa shape index (κ2) is 4.97. The van der Waals surface area contributed by atoms with Gasteiger partial charge in [-0.25, -0.2) is 0 Å². The minimum atomic E-state index is 0.480. The average Bonchev–Trinajstić information content (AvgIpc) is 2.56. The molecular formula is C11H24N2. The van der Waals surface area contributed by atoms with Crippen LogP contribution in [-0.2, 0) is 0 Å². The molecule has 1 rings (SSSR count). The molecule has 0 aromatic rings. The Labute approximate surface area is 82.5 Å². The summed E-state index contributed by atoms with van der Waals surface area (Å²) in [5.74, 6) is 0.942. The third-order valence-corrected chi connectivity index (χ3v) is 3.34. The van der Waals surface area contributed by atoms with Gasteiger partial charge in [0.2, 0.25) is 0 Å². The summed E-state index contributed by atoms with van der Waals surface area (Å²) >= 11 is 0. The Bertz CT molecular complexity index is 137. The minimum absolute atomic E-state index is 0.480. The zero-order chi connectivity index (χ0) is 9.73. The van der Waals surface area contributed by atoms with Gasteiger partial charge in [0.05, 0.1) is 0 Å². The summed E-state index contributed by atoms with van der Waals surface area (Å²) in [7, 11) is 1.98. The fourth-order valence-corrected chi connectivity index (χ4v) is 2.36. The van der Waals surface area contributed by atoms with Crippen molar-refractivity contribution < 1.29 is 0 Å². The lowest BCUT2D eigenvalue weighted by Crippen LogP contribution is -2.38. The normalized spacial score (nSPS) is 19.6. The van der Waals surface area contributed by atoms with Crippen molar-refractivity contribution in [2.75, 3.05) is 20.3 Å². The number of hydrogen-bond donors (Lipinski definition) is 2. The summed E-state index contributed by atoms with van der Waals surface area (Å²) in [5, 5.41) is 6.56. The highest BCUT2D eigenvalue weighted by Crippen LogP contribution is 2.38. The predicted octanol–water partition coefficient (Wildman–Crippen LogP) is 1.97. The first kappa shape index (κ1) is 11.0. The maximum Gasteiger partial charge on any atom is 0.0451 e. The zero-order valence-electron chi connectivity index (χ0n) is 9.32. The molecule has 0 amide bonds. The molecule has 13 heavy (non-hydrogen) atoms. The molecule has 0 heterocycles. The highest BCUT2D eigenvalue weighted by molar-refractivity contribution is 4.83. The van der Waals surface area contributed by atoms with Crippen LogP contribution >= 0.6 is 0 Å². The van der Waals surface area contributed by atoms with Crippen molar-refractivity contribution in [3.05, 3.63) is 0 Å². The van der Waals surface area contributed by atoms with Gasteiger partial charge >= 0.3 is 0 Å². The monoisotopic (exact) mass is 184 g/mol. The highest BCUT2D eigenvalue weighted by Gasteiger charge is 2.30. The standard InChI is InChI=1S/C11H24N2/c1-11(2,8-13-9-12-3)10-6-4-5-7-10/h10,12-13H,4-9H2,1-3H3. The lowest BCUT2D eigenvalue weighted by atomic mass is 9.78. The van der Waals surface area contributed by atoms with Crippen molar-refractivity contribution in [2.45, 2.75) is 39.5 Å². The first-order chi connectivity index (χ1) is 6.17. The molecule has 1 saturated carbocycles. The average molecular weight is 184 g/mol. The second-order valence-electron chi connectivity index (χ2n) is 4.93. The Morgan fingerprint density at radius 3 is 2.38 bits per heavy atom. The third-order valence-electron chi connectivity index (χ3n) is 3.34. The Kier molecular flexibility index (Phi) is 4.20. The van der Waals surface area contributed by atoms with E-state index in [1.807, 2.05) is 7.05 Å². The summed E-state index contributed by atoms with van der Waals surface area (Å²) in [6.45, 7) is 6.85. The summed E-state index contributed by atoms with van der Waals surface area (Å²) in [4.78, 5) is 0. The van der Waals surface area contributed by atoms with Gasteiger partial charge in [-0.2, -0.15) is 0 Å². The number of hydrogen-bond acceptors (Lipinski definition) is 2. The van der Waals surface area contributed by atoms with Crippen LogP contribution in [0.3, 0.4) is 0 Å². The van der Waals surface area contributed by atoms with Crippen molar-refractivity contribution in [2.24, 2.45) is 11.3 Å². The summed E-state index contributed by atoms with van der Waals surface area (Å²) in [6, 6.07) is 0. The quantitative estimate of drug-likeness (QED) is 0.504. The molecule has 0 radical (unpaired) electrons. The molecule has 0 atom stereocenters. The molecule has 1 aliphatic carbocycles. The van der Waals surface area contributed by atoms with Gasteiger partial charge in [-0.3, -0.25) is 0 Å². The Hall–Kier alpha value is -0.0800. The lowest BCUT2D eigenvalue weighted by Gasteiger charge is -2.31. The van der Waals surface area contributed by atoms with Crippen LogP contribution in [0.2, 0.25) is 0 Å². The molecule has 0 aliphatic heterocycles. The van der Waals surface area contributed by atoms with Crippen LogP contribution in [0.15, 0.2) is 0 Å². The van der Waals surface area contributed by atoms with E-state index in [2.05, 4.69) is 24.5 Å². The van der Waals surface area contributed by atoms with Crippen molar-refractivity contribution in [1.82, 2.24) is 10.6 Å². The number of nitrogens with one attached hydrogen (secondary N) is 2. The summed E-state index contributed by atoms with van der Waals surface area (Å²) in [5.41, 5.74) is 0.480. The van der Waals surface area contributed by atoms with E-state index in [1.54, 1.807) is 0 Å². The molecule has 0 saturated heterocycles. The van der Waals surface area contributed by atoms with Gasteiger partial charge in [-0.05, 0) is 31.2 Å². The van der Waals surface area contributed by atoms with Gasteiger partial charge in [0.25, 0.3) is 0 Å². The molecule has 78 valence electrons. The Morgan fingerprint density at radius 1 is 1.23 bits per heavy atom. The van der Waals surface area contributed by atoms with E-state index in [0.29, 0.717) is 5.41 Å². The van der Waals surface area contributed by atoms with E-state index in [4.69, 9.17) is 0 Å². The molecule has 2 heteroatoms. The van der Waals surface area contributed by atoms with Crippen molar-refractivity contribution in [3.63, 3.8) is 0 Å². The van der Waals surface area contributed by atoms with Gasteiger partial charge in [-0.15, -0.1) is 0 Å². The van der Waals surface area contributed by atoms with Crippen molar-refractivity contribution in [3.8, 4) is 0 Å². The van der Waals surface area contributed by atoms with Crippen LogP contribution in [0.4, 0.5) is 0 Å². The Balaban J connectivity index is 2.26. The van der Waals surface area contributed by atoms with E-state index in [0.717, 1.165) is 19.1 Å². The molecule has 1 fully saturated rings. The Morgan fingerprint density at radius 2 is 1.85 bits per heavy atom. The van der Waals surface area contributed by atoms with Crippen LogP contribution in [0.1, 0.15) is 39.5 Å². The van der Waals surface area contributed by atoms with Crippen LogP contribution in [0, 0.1) is 11.3 Å².